The number of hydrogen-bond acceptors (Lipinski definition) is 8. The predicted molar refractivity (Wildman–Crippen MR) is 129 cm³/mol. The first-order chi connectivity index (χ1) is 15.5. The van der Waals surface area contributed by atoms with Gasteiger partial charge in [-0.1, -0.05) is 48.5 Å². The van der Waals surface area contributed by atoms with Crippen molar-refractivity contribution in [2.75, 3.05) is 7.11 Å². The van der Waals surface area contributed by atoms with Gasteiger partial charge in [0.25, 0.3) is 0 Å². The first-order valence-corrected chi connectivity index (χ1v) is 11.9. The van der Waals surface area contributed by atoms with E-state index >= 15 is 0 Å². The quantitative estimate of drug-likeness (QED) is 0.428. The van der Waals surface area contributed by atoms with E-state index in [9.17, 15) is 4.79 Å². The molecule has 0 unspecified atom stereocenters. The maximum absolute atomic E-state index is 13.0. The zero-order valence-electron chi connectivity index (χ0n) is 17.4. The number of hydrogen-bond donors (Lipinski definition) is 1. The highest BCUT2D eigenvalue weighted by atomic mass is 35.5. The molecule has 1 N–H and O–H groups in total. The molecule has 2 heterocycles. The topological polar surface area (TPSA) is 85.2 Å². The predicted octanol–water partition coefficient (Wildman–Crippen LogP) is 5.76. The van der Waals surface area contributed by atoms with Gasteiger partial charge in [-0.25, -0.2) is 0 Å². The molecule has 1 aliphatic heterocycles. The van der Waals surface area contributed by atoms with Gasteiger partial charge in [-0.3, -0.25) is 10.2 Å². The SMILES string of the molecule is CCc1nnc([C@H]2C(=N)S/C(=C\c3ccc(OCc4ccc(Cl)cc4)c(OC)c3)C2=O)s1. The molecule has 1 saturated heterocycles. The van der Waals surface area contributed by atoms with Crippen LogP contribution in [0.15, 0.2) is 47.4 Å². The maximum Gasteiger partial charge on any atom is 0.186 e. The number of nitrogens with one attached hydrogen (secondary N) is 1. The molecule has 6 nitrogen and oxygen atoms in total. The lowest BCUT2D eigenvalue weighted by molar-refractivity contribution is -0.114. The van der Waals surface area contributed by atoms with E-state index in [-0.39, 0.29) is 10.8 Å². The number of thioether (sulfide) groups is 1. The summed E-state index contributed by atoms with van der Waals surface area (Å²) < 4.78 is 11.4. The molecule has 9 heteroatoms. The Morgan fingerprint density at radius 1 is 1.16 bits per heavy atom. The number of methoxy groups -OCH3 is 1. The van der Waals surface area contributed by atoms with Gasteiger partial charge in [0.1, 0.15) is 22.5 Å². The molecular weight excluding hydrogens is 466 g/mol. The molecule has 164 valence electrons. The van der Waals surface area contributed by atoms with Gasteiger partial charge < -0.3 is 9.47 Å². The molecule has 0 radical (unpaired) electrons. The highest BCUT2D eigenvalue weighted by Crippen LogP contribution is 2.42. The molecular formula is C23H20ClN3O3S2. The summed E-state index contributed by atoms with van der Waals surface area (Å²) in [7, 11) is 1.57. The molecule has 0 spiro atoms. The molecule has 2 aromatic carbocycles. The molecule has 0 amide bonds. The number of rotatable bonds is 7. The molecule has 1 fully saturated rings. The van der Waals surface area contributed by atoms with Crippen molar-refractivity contribution in [3.05, 3.63) is 73.5 Å². The van der Waals surface area contributed by atoms with Gasteiger partial charge >= 0.3 is 0 Å². The van der Waals surface area contributed by atoms with Crippen LogP contribution < -0.4 is 9.47 Å². The van der Waals surface area contributed by atoms with E-state index in [1.807, 2.05) is 49.4 Å². The summed E-state index contributed by atoms with van der Waals surface area (Å²) in [6.45, 7) is 2.37. The highest BCUT2D eigenvalue weighted by Gasteiger charge is 2.39. The molecule has 1 aliphatic rings. The summed E-state index contributed by atoms with van der Waals surface area (Å²) in [5.41, 5.74) is 1.78. The second-order valence-corrected chi connectivity index (χ2v) is 9.60. The monoisotopic (exact) mass is 485 g/mol. The summed E-state index contributed by atoms with van der Waals surface area (Å²) in [4.78, 5) is 13.5. The summed E-state index contributed by atoms with van der Waals surface area (Å²) in [6, 6.07) is 12.9. The standard InChI is InChI=1S/C23H20ClN3O3S2/c1-3-19-26-27-23(32-19)20-21(28)18(31-22(20)25)11-14-6-9-16(17(10-14)29-2)30-12-13-4-7-15(24)8-5-13/h4-11,20,25H,3,12H2,1-2H3/b18-11-,25-22?/t20-/m1/s1. The number of Topliss-reactive ketones (excluding diaryl/α,β-unsaturated/α-hetero) is 1. The molecule has 3 aromatic rings. The Bertz CT molecular complexity index is 1190. The third-order valence-electron chi connectivity index (χ3n) is 4.81. The number of ether oxygens (including phenoxy) is 2. The summed E-state index contributed by atoms with van der Waals surface area (Å²) in [5.74, 6) is 0.377. The molecule has 0 bridgehead atoms. The summed E-state index contributed by atoms with van der Waals surface area (Å²) in [5, 5.41) is 18.9. The number of aryl methyl sites for hydroxylation is 1. The normalized spacial score (nSPS) is 17.2. The van der Waals surface area contributed by atoms with Gasteiger partial charge in [0.05, 0.1) is 17.1 Å². The Morgan fingerprint density at radius 3 is 2.62 bits per heavy atom. The fourth-order valence-electron chi connectivity index (χ4n) is 3.13. The number of halogens is 1. The Balaban J connectivity index is 1.51. The summed E-state index contributed by atoms with van der Waals surface area (Å²) in [6.07, 6.45) is 2.53. The Labute approximate surface area is 199 Å². The molecule has 1 aromatic heterocycles. The van der Waals surface area contributed by atoms with Crippen molar-refractivity contribution in [1.82, 2.24) is 10.2 Å². The van der Waals surface area contributed by atoms with Crippen LogP contribution in [0.25, 0.3) is 6.08 Å². The first kappa shape index (κ1) is 22.5. The van der Waals surface area contributed by atoms with Crippen LogP contribution in [0.5, 0.6) is 11.5 Å². The van der Waals surface area contributed by atoms with Crippen molar-refractivity contribution in [3.8, 4) is 11.5 Å². The van der Waals surface area contributed by atoms with E-state index in [4.69, 9.17) is 26.5 Å². The second kappa shape index (κ2) is 9.85. The maximum atomic E-state index is 13.0. The molecule has 4 rings (SSSR count). The van der Waals surface area contributed by atoms with E-state index in [0.29, 0.717) is 33.0 Å². The number of nitrogens with zero attached hydrogens (tertiary/aromatic N) is 2. The van der Waals surface area contributed by atoms with E-state index in [2.05, 4.69) is 10.2 Å². The van der Waals surface area contributed by atoms with Crippen molar-refractivity contribution in [3.63, 3.8) is 0 Å². The van der Waals surface area contributed by atoms with Crippen LogP contribution in [0.3, 0.4) is 0 Å². The average Bonchev–Trinajstić information content (AvgIpc) is 3.37. The Kier molecular flexibility index (Phi) is 6.93. The van der Waals surface area contributed by atoms with Gasteiger partial charge in [0, 0.05) is 5.02 Å². The highest BCUT2D eigenvalue weighted by molar-refractivity contribution is 8.19. The van der Waals surface area contributed by atoms with Crippen molar-refractivity contribution >= 4 is 51.6 Å². The number of allylic oxidation sites excluding steroid dienone is 1. The number of ketones is 1. The minimum Gasteiger partial charge on any atom is -0.493 e. The third kappa shape index (κ3) is 4.87. The lowest BCUT2D eigenvalue weighted by Gasteiger charge is -2.11. The first-order valence-electron chi connectivity index (χ1n) is 9.88. The van der Waals surface area contributed by atoms with Crippen molar-refractivity contribution in [1.29, 1.82) is 5.41 Å². The molecule has 32 heavy (non-hydrogen) atoms. The minimum atomic E-state index is -0.659. The van der Waals surface area contributed by atoms with Crippen LogP contribution in [0.1, 0.15) is 34.0 Å². The third-order valence-corrected chi connectivity index (χ3v) is 7.19. The second-order valence-electron chi connectivity index (χ2n) is 6.99. The van der Waals surface area contributed by atoms with Gasteiger partial charge in [-0.15, -0.1) is 21.5 Å². The number of carbonyl (C=O) groups excluding carboxylic acids is 1. The van der Waals surface area contributed by atoms with E-state index in [1.54, 1.807) is 13.2 Å². The molecule has 0 saturated carbocycles. The number of benzene rings is 2. The van der Waals surface area contributed by atoms with Crippen molar-refractivity contribution in [2.45, 2.75) is 25.9 Å². The molecule has 0 aliphatic carbocycles. The van der Waals surface area contributed by atoms with Crippen molar-refractivity contribution in [2.24, 2.45) is 0 Å². The number of aromatic nitrogens is 2. The average molecular weight is 486 g/mol. The fraction of sp³-hybridized carbons (Fsp3) is 0.217. The van der Waals surface area contributed by atoms with Crippen LogP contribution in [-0.2, 0) is 17.8 Å². The van der Waals surface area contributed by atoms with Crippen LogP contribution in [0, 0.1) is 5.41 Å². The zero-order chi connectivity index (χ0) is 22.7. The van der Waals surface area contributed by atoms with Gasteiger partial charge in [0.2, 0.25) is 0 Å². The lowest BCUT2D eigenvalue weighted by atomic mass is 10.1. The number of carbonyl (C=O) groups is 1. The Morgan fingerprint density at radius 2 is 1.94 bits per heavy atom. The largest absolute Gasteiger partial charge is 0.493 e. The van der Waals surface area contributed by atoms with Crippen LogP contribution in [-0.4, -0.2) is 28.1 Å². The molecule has 1 atom stereocenters. The van der Waals surface area contributed by atoms with Gasteiger partial charge in [-0.2, -0.15) is 0 Å². The minimum absolute atomic E-state index is 0.124. The van der Waals surface area contributed by atoms with Gasteiger partial charge in [0.15, 0.2) is 17.3 Å². The van der Waals surface area contributed by atoms with Gasteiger partial charge in [-0.05, 0) is 47.9 Å². The summed E-state index contributed by atoms with van der Waals surface area (Å²) >= 11 is 8.48. The van der Waals surface area contributed by atoms with Crippen LogP contribution >= 0.6 is 34.7 Å². The Hall–Kier alpha value is -2.68. The fourth-order valence-corrected chi connectivity index (χ4v) is 5.21. The zero-order valence-corrected chi connectivity index (χ0v) is 19.8. The smallest absolute Gasteiger partial charge is 0.186 e. The van der Waals surface area contributed by atoms with Crippen LogP contribution in [0.2, 0.25) is 5.02 Å². The van der Waals surface area contributed by atoms with E-state index < -0.39 is 5.92 Å². The van der Waals surface area contributed by atoms with E-state index in [1.165, 1.54) is 23.1 Å². The lowest BCUT2D eigenvalue weighted by Crippen LogP contribution is -2.11. The van der Waals surface area contributed by atoms with Crippen molar-refractivity contribution < 1.29 is 14.3 Å². The van der Waals surface area contributed by atoms with Crippen LogP contribution in [0.4, 0.5) is 0 Å². The van der Waals surface area contributed by atoms with E-state index in [0.717, 1.165) is 22.6 Å².